The summed E-state index contributed by atoms with van der Waals surface area (Å²) in [6, 6.07) is 6.37. The van der Waals surface area contributed by atoms with Crippen LogP contribution in [0.2, 0.25) is 0 Å². The summed E-state index contributed by atoms with van der Waals surface area (Å²) >= 11 is 0. The highest BCUT2D eigenvalue weighted by Crippen LogP contribution is 2.29. The molecule has 0 radical (unpaired) electrons. The van der Waals surface area contributed by atoms with Gasteiger partial charge in [0.15, 0.2) is 0 Å². The van der Waals surface area contributed by atoms with E-state index in [-0.39, 0.29) is 11.9 Å². The number of hydrogen-bond acceptors (Lipinski definition) is 3. The van der Waals surface area contributed by atoms with Crippen LogP contribution in [-0.2, 0) is 6.42 Å². The standard InChI is InChI=1S/C15H23N3O/c1-3-18(7-6-15(16)17)10-13-9-12-8-11(2)4-5-14(12)19-13/h4-5,8,13H,3,6-7,9-10H2,1-2H3,(H3,16,17). The average Bonchev–Trinajstić information content (AvgIpc) is 2.75. The molecular formula is C15H23N3O. The normalized spacial score (nSPS) is 17.3. The van der Waals surface area contributed by atoms with Gasteiger partial charge in [0.05, 0.1) is 5.84 Å². The number of likely N-dealkylation sites (N-methyl/N-ethyl adjacent to an activating group) is 1. The molecule has 19 heavy (non-hydrogen) atoms. The van der Waals surface area contributed by atoms with Crippen molar-refractivity contribution in [3.8, 4) is 5.75 Å². The van der Waals surface area contributed by atoms with Gasteiger partial charge in [0.2, 0.25) is 0 Å². The molecule has 0 saturated carbocycles. The number of nitrogens with zero attached hydrogens (tertiary/aromatic N) is 1. The summed E-state index contributed by atoms with van der Waals surface area (Å²) in [7, 11) is 0. The van der Waals surface area contributed by atoms with Crippen LogP contribution in [0.15, 0.2) is 18.2 Å². The van der Waals surface area contributed by atoms with Gasteiger partial charge in [-0.2, -0.15) is 0 Å². The summed E-state index contributed by atoms with van der Waals surface area (Å²) < 4.78 is 5.97. The van der Waals surface area contributed by atoms with Gasteiger partial charge in [0, 0.05) is 25.9 Å². The van der Waals surface area contributed by atoms with Crippen LogP contribution in [-0.4, -0.2) is 36.5 Å². The number of rotatable bonds is 6. The zero-order valence-electron chi connectivity index (χ0n) is 11.8. The molecule has 0 spiro atoms. The molecule has 1 unspecified atom stereocenters. The highest BCUT2D eigenvalue weighted by molar-refractivity contribution is 5.76. The number of nitrogens with one attached hydrogen (secondary N) is 1. The topological polar surface area (TPSA) is 62.3 Å². The molecule has 0 fully saturated rings. The van der Waals surface area contributed by atoms with E-state index in [2.05, 4.69) is 36.9 Å². The molecule has 4 nitrogen and oxygen atoms in total. The molecule has 0 aromatic heterocycles. The number of hydrogen-bond donors (Lipinski definition) is 2. The third-order valence-electron chi connectivity index (χ3n) is 3.56. The molecule has 0 bridgehead atoms. The van der Waals surface area contributed by atoms with E-state index in [4.69, 9.17) is 15.9 Å². The number of ether oxygens (including phenoxy) is 1. The predicted octanol–water partition coefficient (Wildman–Crippen LogP) is 1.95. The average molecular weight is 261 g/mol. The molecule has 4 heteroatoms. The van der Waals surface area contributed by atoms with Crippen molar-refractivity contribution >= 4 is 5.84 Å². The first-order valence-electron chi connectivity index (χ1n) is 6.90. The molecule has 0 aliphatic carbocycles. The van der Waals surface area contributed by atoms with Crippen molar-refractivity contribution in [3.05, 3.63) is 29.3 Å². The lowest BCUT2D eigenvalue weighted by atomic mass is 10.1. The first-order valence-corrected chi connectivity index (χ1v) is 6.90. The van der Waals surface area contributed by atoms with Crippen LogP contribution in [0.25, 0.3) is 0 Å². The SMILES string of the molecule is CCN(CCC(=N)N)CC1Cc2cc(C)ccc2O1. The van der Waals surface area contributed by atoms with Crippen LogP contribution in [0, 0.1) is 12.3 Å². The van der Waals surface area contributed by atoms with Gasteiger partial charge in [-0.3, -0.25) is 10.3 Å². The molecule has 1 aromatic rings. The molecule has 1 heterocycles. The largest absolute Gasteiger partial charge is 0.488 e. The Morgan fingerprint density at radius 3 is 3.00 bits per heavy atom. The van der Waals surface area contributed by atoms with Crippen molar-refractivity contribution in [1.82, 2.24) is 4.90 Å². The summed E-state index contributed by atoms with van der Waals surface area (Å²) in [5.41, 5.74) is 8.01. The van der Waals surface area contributed by atoms with Crippen molar-refractivity contribution in [1.29, 1.82) is 5.41 Å². The first-order chi connectivity index (χ1) is 9.08. The Morgan fingerprint density at radius 2 is 2.32 bits per heavy atom. The van der Waals surface area contributed by atoms with Crippen molar-refractivity contribution in [2.24, 2.45) is 5.73 Å². The number of nitrogens with two attached hydrogens (primary N) is 1. The van der Waals surface area contributed by atoms with Gasteiger partial charge in [-0.05, 0) is 25.1 Å². The number of benzene rings is 1. The van der Waals surface area contributed by atoms with E-state index in [0.29, 0.717) is 6.42 Å². The molecular weight excluding hydrogens is 238 g/mol. The highest BCUT2D eigenvalue weighted by Gasteiger charge is 2.24. The molecule has 1 aromatic carbocycles. The molecule has 0 amide bonds. The van der Waals surface area contributed by atoms with Crippen LogP contribution in [0.1, 0.15) is 24.5 Å². The Balaban J connectivity index is 1.89. The molecule has 104 valence electrons. The lowest BCUT2D eigenvalue weighted by molar-refractivity contribution is 0.156. The van der Waals surface area contributed by atoms with Gasteiger partial charge < -0.3 is 10.5 Å². The van der Waals surface area contributed by atoms with Crippen LogP contribution < -0.4 is 10.5 Å². The molecule has 3 N–H and O–H groups in total. The quantitative estimate of drug-likeness (QED) is 0.607. The molecule has 0 saturated heterocycles. The zero-order valence-corrected chi connectivity index (χ0v) is 11.8. The summed E-state index contributed by atoms with van der Waals surface area (Å²) in [5, 5.41) is 7.30. The Kier molecular flexibility index (Phi) is 4.43. The summed E-state index contributed by atoms with van der Waals surface area (Å²) in [5.74, 6) is 1.28. The number of aryl methyl sites for hydroxylation is 1. The van der Waals surface area contributed by atoms with Crippen LogP contribution in [0.4, 0.5) is 0 Å². The summed E-state index contributed by atoms with van der Waals surface area (Å²) in [6.45, 7) is 6.94. The maximum Gasteiger partial charge on any atom is 0.123 e. The second-order valence-corrected chi connectivity index (χ2v) is 5.22. The van der Waals surface area contributed by atoms with E-state index in [9.17, 15) is 0 Å². The summed E-state index contributed by atoms with van der Waals surface area (Å²) in [6.07, 6.45) is 1.84. The van der Waals surface area contributed by atoms with Gasteiger partial charge in [-0.25, -0.2) is 0 Å². The fraction of sp³-hybridized carbons (Fsp3) is 0.533. The molecule has 1 aliphatic rings. The highest BCUT2D eigenvalue weighted by atomic mass is 16.5. The Morgan fingerprint density at radius 1 is 1.53 bits per heavy atom. The van der Waals surface area contributed by atoms with Gasteiger partial charge in [-0.1, -0.05) is 24.6 Å². The minimum absolute atomic E-state index is 0.226. The van der Waals surface area contributed by atoms with Crippen molar-refractivity contribution in [2.75, 3.05) is 19.6 Å². The van der Waals surface area contributed by atoms with E-state index in [1.807, 2.05) is 0 Å². The monoisotopic (exact) mass is 261 g/mol. The number of amidine groups is 1. The van der Waals surface area contributed by atoms with Gasteiger partial charge in [0.1, 0.15) is 11.9 Å². The smallest absolute Gasteiger partial charge is 0.123 e. The fourth-order valence-electron chi connectivity index (χ4n) is 2.50. The lowest BCUT2D eigenvalue weighted by Crippen LogP contribution is -2.36. The Hall–Kier alpha value is -1.55. The van der Waals surface area contributed by atoms with Gasteiger partial charge in [-0.15, -0.1) is 0 Å². The van der Waals surface area contributed by atoms with E-state index in [0.717, 1.165) is 31.8 Å². The fourth-order valence-corrected chi connectivity index (χ4v) is 2.50. The Bertz CT molecular complexity index is 459. The first kappa shape index (κ1) is 13.9. The van der Waals surface area contributed by atoms with Crippen LogP contribution in [0.3, 0.4) is 0 Å². The van der Waals surface area contributed by atoms with E-state index in [1.165, 1.54) is 11.1 Å². The maximum atomic E-state index is 7.30. The second kappa shape index (κ2) is 6.06. The van der Waals surface area contributed by atoms with E-state index < -0.39 is 0 Å². The second-order valence-electron chi connectivity index (χ2n) is 5.22. The number of fused-ring (bicyclic) bond motifs is 1. The van der Waals surface area contributed by atoms with Crippen LogP contribution >= 0.6 is 0 Å². The van der Waals surface area contributed by atoms with Gasteiger partial charge in [0.25, 0.3) is 0 Å². The van der Waals surface area contributed by atoms with Crippen molar-refractivity contribution in [3.63, 3.8) is 0 Å². The third kappa shape index (κ3) is 3.70. The van der Waals surface area contributed by atoms with E-state index in [1.54, 1.807) is 0 Å². The van der Waals surface area contributed by atoms with Crippen LogP contribution in [0.5, 0.6) is 5.75 Å². The molecule has 1 aliphatic heterocycles. The molecule has 2 rings (SSSR count). The van der Waals surface area contributed by atoms with Crippen molar-refractivity contribution < 1.29 is 4.74 Å². The lowest BCUT2D eigenvalue weighted by Gasteiger charge is -2.23. The summed E-state index contributed by atoms with van der Waals surface area (Å²) in [4.78, 5) is 2.30. The Labute approximate surface area is 115 Å². The van der Waals surface area contributed by atoms with Gasteiger partial charge >= 0.3 is 0 Å². The van der Waals surface area contributed by atoms with Crippen molar-refractivity contribution in [2.45, 2.75) is 32.8 Å². The maximum absolute atomic E-state index is 7.30. The zero-order chi connectivity index (χ0) is 13.8. The third-order valence-corrected chi connectivity index (χ3v) is 3.56. The minimum Gasteiger partial charge on any atom is -0.488 e. The van der Waals surface area contributed by atoms with E-state index >= 15 is 0 Å². The minimum atomic E-state index is 0.226. The molecule has 1 atom stereocenters. The predicted molar refractivity (Wildman–Crippen MR) is 77.9 cm³/mol.